The third-order valence-corrected chi connectivity index (χ3v) is 7.24. The van der Waals surface area contributed by atoms with E-state index in [2.05, 4.69) is 20.2 Å². The van der Waals surface area contributed by atoms with Crippen LogP contribution in [-0.2, 0) is 22.6 Å². The summed E-state index contributed by atoms with van der Waals surface area (Å²) in [5.74, 6) is 1.49. The molecule has 0 unspecified atom stereocenters. The minimum absolute atomic E-state index is 0.0107. The van der Waals surface area contributed by atoms with Crippen LogP contribution in [0.3, 0.4) is 0 Å². The van der Waals surface area contributed by atoms with Gasteiger partial charge < -0.3 is 33.7 Å². The molecule has 10 nitrogen and oxygen atoms in total. The molecule has 0 spiro atoms. The maximum Gasteiger partial charge on any atom is 0.251 e. The Bertz CT molecular complexity index is 1360. The molecule has 3 aromatic rings. The Morgan fingerprint density at radius 2 is 1.84 bits per heavy atom. The number of aromatic nitrogens is 3. The SMILES string of the molecule is CC1OC(/C=C/c2cnc3ccc(=O)n(CCN4CCC(NCc5cc6c(cn5)OCCO6)CC4)c3c2)O1. The van der Waals surface area contributed by atoms with Gasteiger partial charge in [-0.2, -0.15) is 0 Å². The number of hydrogen-bond donors (Lipinski definition) is 1. The maximum atomic E-state index is 12.8. The van der Waals surface area contributed by atoms with Gasteiger partial charge in [0.1, 0.15) is 13.2 Å². The second-order valence-corrected chi connectivity index (χ2v) is 9.88. The summed E-state index contributed by atoms with van der Waals surface area (Å²) in [5, 5.41) is 3.64. The van der Waals surface area contributed by atoms with Crippen molar-refractivity contribution in [2.75, 3.05) is 32.8 Å². The summed E-state index contributed by atoms with van der Waals surface area (Å²) in [4.78, 5) is 24.2. The van der Waals surface area contributed by atoms with Gasteiger partial charge in [-0.15, -0.1) is 0 Å². The maximum absolute atomic E-state index is 12.8. The van der Waals surface area contributed by atoms with E-state index in [9.17, 15) is 4.79 Å². The van der Waals surface area contributed by atoms with Crippen LogP contribution < -0.4 is 20.3 Å². The molecule has 1 N–H and O–H groups in total. The third kappa shape index (κ3) is 5.73. The van der Waals surface area contributed by atoms with Crippen LogP contribution in [0.25, 0.3) is 17.1 Å². The van der Waals surface area contributed by atoms with Gasteiger partial charge >= 0.3 is 0 Å². The summed E-state index contributed by atoms with van der Waals surface area (Å²) < 4.78 is 24.0. The normalized spacial score (nSPS) is 22.1. The zero-order valence-corrected chi connectivity index (χ0v) is 21.5. The van der Waals surface area contributed by atoms with Crippen LogP contribution in [0.1, 0.15) is 31.0 Å². The molecular weight excluding hydrogens is 486 g/mol. The van der Waals surface area contributed by atoms with Crippen molar-refractivity contribution in [3.05, 3.63) is 64.3 Å². The summed E-state index contributed by atoms with van der Waals surface area (Å²) in [6.45, 7) is 7.12. The van der Waals surface area contributed by atoms with Crippen LogP contribution in [0.15, 0.2) is 47.5 Å². The number of pyridine rings is 3. The summed E-state index contributed by atoms with van der Waals surface area (Å²) >= 11 is 0. The highest BCUT2D eigenvalue weighted by Crippen LogP contribution is 2.29. The van der Waals surface area contributed by atoms with Crippen molar-refractivity contribution in [3.63, 3.8) is 0 Å². The minimum Gasteiger partial charge on any atom is -0.486 e. The largest absolute Gasteiger partial charge is 0.486 e. The van der Waals surface area contributed by atoms with Crippen molar-refractivity contribution in [1.82, 2.24) is 24.8 Å². The van der Waals surface area contributed by atoms with Crippen molar-refractivity contribution in [1.29, 1.82) is 0 Å². The van der Waals surface area contributed by atoms with Gasteiger partial charge in [-0.3, -0.25) is 14.8 Å². The topological polar surface area (TPSA) is 100.0 Å². The van der Waals surface area contributed by atoms with E-state index in [1.54, 1.807) is 24.5 Å². The quantitative estimate of drug-likeness (QED) is 0.481. The first kappa shape index (κ1) is 25.0. The van der Waals surface area contributed by atoms with Gasteiger partial charge in [-0.05, 0) is 56.6 Å². The van der Waals surface area contributed by atoms with E-state index < -0.39 is 0 Å². The van der Waals surface area contributed by atoms with Crippen molar-refractivity contribution >= 4 is 17.1 Å². The molecular formula is C28H33N5O5. The predicted molar refractivity (Wildman–Crippen MR) is 142 cm³/mol. The van der Waals surface area contributed by atoms with Crippen LogP contribution in [-0.4, -0.2) is 70.9 Å². The number of piperidine rings is 1. The predicted octanol–water partition coefficient (Wildman–Crippen LogP) is 2.55. The van der Waals surface area contributed by atoms with E-state index in [1.165, 1.54) is 0 Å². The molecule has 3 aliphatic heterocycles. The van der Waals surface area contributed by atoms with Gasteiger partial charge in [0.25, 0.3) is 5.56 Å². The third-order valence-electron chi connectivity index (χ3n) is 7.24. The number of rotatable bonds is 8. The molecule has 0 bridgehead atoms. The standard InChI is InChI=1S/C28H33N5O5/c1-19-37-28(38-19)5-2-20-14-24-23(31-16-20)3-4-27(34)33(24)11-10-32-8-6-21(7-9-32)29-17-22-15-25-26(18-30-22)36-13-12-35-25/h2-5,14-16,18-19,21,28-29H,6-13,17H2,1H3/b5-2+. The van der Waals surface area contributed by atoms with E-state index in [0.717, 1.165) is 66.3 Å². The summed E-state index contributed by atoms with van der Waals surface area (Å²) in [7, 11) is 0. The zero-order valence-electron chi connectivity index (χ0n) is 21.5. The Hall–Kier alpha value is -3.31. The van der Waals surface area contributed by atoms with Crippen LogP contribution in [0.5, 0.6) is 11.5 Å². The highest BCUT2D eigenvalue weighted by atomic mass is 16.9. The van der Waals surface area contributed by atoms with Crippen molar-refractivity contribution < 1.29 is 18.9 Å². The van der Waals surface area contributed by atoms with E-state index in [-0.39, 0.29) is 18.1 Å². The number of ether oxygens (including phenoxy) is 4. The van der Waals surface area contributed by atoms with Gasteiger partial charge in [-0.1, -0.05) is 6.08 Å². The number of nitrogens with one attached hydrogen (secondary N) is 1. The van der Waals surface area contributed by atoms with Crippen LogP contribution in [0.4, 0.5) is 0 Å². The lowest BCUT2D eigenvalue weighted by Gasteiger charge is -2.32. The summed E-state index contributed by atoms with van der Waals surface area (Å²) in [6, 6.07) is 7.79. The molecule has 6 rings (SSSR count). The lowest BCUT2D eigenvalue weighted by Crippen LogP contribution is -2.43. The van der Waals surface area contributed by atoms with Crippen LogP contribution in [0, 0.1) is 0 Å². The molecule has 2 saturated heterocycles. The second kappa shape index (κ2) is 11.2. The Kier molecular flexibility index (Phi) is 7.37. The van der Waals surface area contributed by atoms with Crippen molar-refractivity contribution in [2.45, 2.75) is 51.5 Å². The number of hydrogen-bond acceptors (Lipinski definition) is 9. The molecule has 2 fully saturated rings. The Morgan fingerprint density at radius 1 is 1.03 bits per heavy atom. The van der Waals surface area contributed by atoms with E-state index in [1.807, 2.05) is 35.8 Å². The zero-order chi connectivity index (χ0) is 25.9. The van der Waals surface area contributed by atoms with E-state index >= 15 is 0 Å². The molecule has 0 radical (unpaired) electrons. The Balaban J connectivity index is 1.02. The van der Waals surface area contributed by atoms with Gasteiger partial charge in [-0.25, -0.2) is 0 Å². The molecule has 0 saturated carbocycles. The lowest BCUT2D eigenvalue weighted by atomic mass is 10.0. The number of nitrogens with zero attached hydrogens (tertiary/aromatic N) is 4. The van der Waals surface area contributed by atoms with Gasteiger partial charge in [0, 0.05) is 44.0 Å². The fourth-order valence-electron chi connectivity index (χ4n) is 5.11. The van der Waals surface area contributed by atoms with E-state index in [0.29, 0.717) is 32.3 Å². The van der Waals surface area contributed by atoms with Gasteiger partial charge in [0.15, 0.2) is 24.1 Å². The number of fused-ring (bicyclic) bond motifs is 2. The van der Waals surface area contributed by atoms with Crippen molar-refractivity contribution in [2.24, 2.45) is 0 Å². The molecule has 38 heavy (non-hydrogen) atoms. The van der Waals surface area contributed by atoms with Gasteiger partial charge in [0.2, 0.25) is 0 Å². The minimum atomic E-state index is -0.325. The molecule has 0 amide bonds. The van der Waals surface area contributed by atoms with Gasteiger partial charge in [0.05, 0.1) is 22.9 Å². The Labute approximate surface area is 221 Å². The average Bonchev–Trinajstić information content (AvgIpc) is 2.93. The monoisotopic (exact) mass is 519 g/mol. The average molecular weight is 520 g/mol. The molecule has 3 aromatic heterocycles. The Morgan fingerprint density at radius 3 is 2.66 bits per heavy atom. The highest BCUT2D eigenvalue weighted by molar-refractivity contribution is 5.77. The first-order valence-electron chi connectivity index (χ1n) is 13.3. The van der Waals surface area contributed by atoms with E-state index in [4.69, 9.17) is 18.9 Å². The first-order chi connectivity index (χ1) is 18.6. The van der Waals surface area contributed by atoms with Crippen molar-refractivity contribution in [3.8, 4) is 11.5 Å². The number of likely N-dealkylation sites (tertiary alicyclic amines) is 1. The molecule has 0 aliphatic carbocycles. The molecule has 200 valence electrons. The molecule has 10 heteroatoms. The lowest BCUT2D eigenvalue weighted by molar-refractivity contribution is -0.354. The second-order valence-electron chi connectivity index (χ2n) is 9.88. The fraction of sp³-hybridized carbons (Fsp3) is 0.464. The smallest absolute Gasteiger partial charge is 0.251 e. The first-order valence-corrected chi connectivity index (χ1v) is 13.3. The summed E-state index contributed by atoms with van der Waals surface area (Å²) in [6.07, 6.45) is 8.93. The van der Waals surface area contributed by atoms with Crippen LogP contribution in [0.2, 0.25) is 0 Å². The molecule has 0 atom stereocenters. The summed E-state index contributed by atoms with van der Waals surface area (Å²) in [5.41, 5.74) is 3.50. The van der Waals surface area contributed by atoms with Crippen LogP contribution >= 0.6 is 0 Å². The molecule has 6 heterocycles. The molecule has 0 aromatic carbocycles. The fourth-order valence-corrected chi connectivity index (χ4v) is 5.11. The highest BCUT2D eigenvalue weighted by Gasteiger charge is 2.24. The molecule has 3 aliphatic rings.